The standard InChI is InChI=1S/C25H34N4O4/c1-4-12-33-24-14-20(26)17(15-27-18-8-10-19(30)11-9-18)13-21(24)28-25(31)23-7-5-6-22(16(2)3)29(23)32/h5-7,13-16,18-19,26,30-32H,4,8-12H2,1-3H3/p+1. The zero-order chi connectivity index (χ0) is 24.0. The van der Waals surface area contributed by atoms with Crippen LogP contribution in [0.4, 0.5) is 0 Å². The molecule has 0 bridgehead atoms. The van der Waals surface area contributed by atoms with E-state index in [-0.39, 0.29) is 29.5 Å². The summed E-state index contributed by atoms with van der Waals surface area (Å²) in [6.45, 7) is 6.32. The maximum absolute atomic E-state index is 13.0. The van der Waals surface area contributed by atoms with Crippen LogP contribution in [0.2, 0.25) is 0 Å². The molecule has 0 atom stereocenters. The number of aliphatic hydroxyl groups excluding tert-OH is 1. The lowest BCUT2D eigenvalue weighted by Gasteiger charge is -2.26. The number of carbonyl (C=O) groups excluding carboxylic acids is 1. The summed E-state index contributed by atoms with van der Waals surface area (Å²) in [5.41, 5.74) is 2.07. The van der Waals surface area contributed by atoms with Crippen LogP contribution in [0.25, 0.3) is 0 Å². The van der Waals surface area contributed by atoms with Crippen molar-refractivity contribution in [2.45, 2.75) is 70.9 Å². The Morgan fingerprint density at radius 2 is 2.00 bits per heavy atom. The highest BCUT2D eigenvalue weighted by molar-refractivity contribution is 6.10. The van der Waals surface area contributed by atoms with Gasteiger partial charge in [0, 0.05) is 46.7 Å². The van der Waals surface area contributed by atoms with E-state index < -0.39 is 5.91 Å². The van der Waals surface area contributed by atoms with Crippen molar-refractivity contribution >= 4 is 11.6 Å². The van der Waals surface area contributed by atoms with E-state index in [9.17, 15) is 15.1 Å². The number of amides is 1. The van der Waals surface area contributed by atoms with Gasteiger partial charge in [0.1, 0.15) is 5.76 Å². The molecule has 1 aromatic rings. The summed E-state index contributed by atoms with van der Waals surface area (Å²) in [4.78, 5) is 13.0. The van der Waals surface area contributed by atoms with E-state index in [1.165, 1.54) is 0 Å². The van der Waals surface area contributed by atoms with Crippen molar-refractivity contribution in [3.63, 3.8) is 0 Å². The molecule has 1 aromatic heterocycles. The average Bonchev–Trinajstić information content (AvgIpc) is 2.79. The molecule has 33 heavy (non-hydrogen) atoms. The summed E-state index contributed by atoms with van der Waals surface area (Å²) in [5.74, 6) is -0.0149. The lowest BCUT2D eigenvalue weighted by molar-refractivity contribution is -0.911. The second kappa shape index (κ2) is 11.1. The van der Waals surface area contributed by atoms with Crippen LogP contribution in [0.5, 0.6) is 0 Å². The molecule has 0 aliphatic heterocycles. The Labute approximate surface area is 195 Å². The minimum atomic E-state index is -0.473. The molecule has 1 amide bonds. The number of hydrogen-bond acceptors (Lipinski definition) is 6. The second-order valence-corrected chi connectivity index (χ2v) is 8.86. The summed E-state index contributed by atoms with van der Waals surface area (Å²) in [7, 11) is 0. The van der Waals surface area contributed by atoms with Gasteiger partial charge in [-0.15, -0.1) is 0 Å². The van der Waals surface area contributed by atoms with Crippen molar-refractivity contribution in [1.82, 2.24) is 10.6 Å². The van der Waals surface area contributed by atoms with Crippen molar-refractivity contribution < 1.29 is 24.6 Å². The molecule has 0 unspecified atom stereocenters. The third-order valence-corrected chi connectivity index (χ3v) is 5.85. The molecule has 0 aromatic carbocycles. The molecule has 3 rings (SSSR count). The van der Waals surface area contributed by atoms with E-state index in [4.69, 9.17) is 10.1 Å². The Kier molecular flexibility index (Phi) is 8.27. The molecule has 0 radical (unpaired) electrons. The van der Waals surface area contributed by atoms with Crippen LogP contribution in [-0.4, -0.2) is 40.7 Å². The summed E-state index contributed by atoms with van der Waals surface area (Å²) < 4.78 is 6.71. The molecule has 1 saturated carbocycles. The SMILES string of the molecule is CCCOC1=CC(=N)/C(=C\NC2CCC(O)CC2)C=C1NC(=O)c1cccc(C(C)C)[n+]1O. The Morgan fingerprint density at radius 3 is 2.67 bits per heavy atom. The first-order valence-corrected chi connectivity index (χ1v) is 11.7. The number of hydrogen-bond donors (Lipinski definition) is 5. The molecular formula is C25H35N4O4+. The Bertz CT molecular complexity index is 973. The Morgan fingerprint density at radius 1 is 1.27 bits per heavy atom. The van der Waals surface area contributed by atoms with Crippen LogP contribution in [0, 0.1) is 5.41 Å². The lowest BCUT2D eigenvalue weighted by atomic mass is 9.93. The highest BCUT2D eigenvalue weighted by atomic mass is 16.5. The molecule has 8 nitrogen and oxygen atoms in total. The van der Waals surface area contributed by atoms with Gasteiger partial charge in [0.2, 0.25) is 5.69 Å². The van der Waals surface area contributed by atoms with E-state index >= 15 is 0 Å². The number of ether oxygens (including phenoxy) is 1. The topological polar surface area (TPSA) is 119 Å². The lowest BCUT2D eigenvalue weighted by Crippen LogP contribution is -2.45. The molecule has 2 aliphatic carbocycles. The van der Waals surface area contributed by atoms with Crippen molar-refractivity contribution in [3.8, 4) is 0 Å². The zero-order valence-corrected chi connectivity index (χ0v) is 19.6. The van der Waals surface area contributed by atoms with Crippen LogP contribution >= 0.6 is 0 Å². The number of aliphatic hydroxyl groups is 1. The van der Waals surface area contributed by atoms with Crippen molar-refractivity contribution in [1.29, 1.82) is 5.41 Å². The number of nitrogens with zero attached hydrogens (tertiary/aromatic N) is 1. The third kappa shape index (κ3) is 6.22. The average molecular weight is 456 g/mol. The molecular weight excluding hydrogens is 420 g/mol. The van der Waals surface area contributed by atoms with Crippen LogP contribution < -0.4 is 15.4 Å². The molecule has 1 heterocycles. The van der Waals surface area contributed by atoms with Crippen molar-refractivity contribution in [2.24, 2.45) is 0 Å². The second-order valence-electron chi connectivity index (χ2n) is 8.86. The van der Waals surface area contributed by atoms with Gasteiger partial charge in [-0.25, -0.2) is 0 Å². The number of allylic oxidation sites excluding steroid dienone is 3. The molecule has 8 heteroatoms. The normalized spacial score (nSPS) is 22.1. The van der Waals surface area contributed by atoms with Crippen LogP contribution in [0.3, 0.4) is 0 Å². The van der Waals surface area contributed by atoms with Crippen LogP contribution in [0.1, 0.15) is 75.0 Å². The van der Waals surface area contributed by atoms with E-state index in [0.717, 1.165) is 36.8 Å². The molecule has 2 aliphatic rings. The summed E-state index contributed by atoms with van der Waals surface area (Å²) in [5, 5.41) is 34.8. The largest absolute Gasteiger partial charge is 0.491 e. The molecule has 1 fully saturated rings. The van der Waals surface area contributed by atoms with Gasteiger partial charge in [-0.05, 0) is 44.2 Å². The number of nitrogens with one attached hydrogen (secondary N) is 3. The molecule has 5 N–H and O–H groups in total. The first-order valence-electron chi connectivity index (χ1n) is 11.7. The summed E-state index contributed by atoms with van der Waals surface area (Å²) in [6.07, 6.45) is 8.93. The Hall–Kier alpha value is -3.13. The highest BCUT2D eigenvalue weighted by Gasteiger charge is 2.28. The molecule has 178 valence electrons. The number of carbonyl (C=O) groups is 1. The first-order chi connectivity index (χ1) is 15.8. The molecule has 0 spiro atoms. The van der Waals surface area contributed by atoms with Gasteiger partial charge in [-0.1, -0.05) is 20.8 Å². The number of pyridine rings is 1. The van der Waals surface area contributed by atoms with Crippen LogP contribution in [-0.2, 0) is 4.74 Å². The highest BCUT2D eigenvalue weighted by Crippen LogP contribution is 2.22. The number of aromatic nitrogens is 1. The minimum absolute atomic E-state index is 0.0435. The van der Waals surface area contributed by atoms with Crippen molar-refractivity contribution in [2.75, 3.05) is 6.61 Å². The monoisotopic (exact) mass is 455 g/mol. The molecule has 0 saturated heterocycles. The number of rotatable bonds is 8. The Balaban J connectivity index is 1.82. The quantitative estimate of drug-likeness (QED) is 0.305. The predicted molar refractivity (Wildman–Crippen MR) is 125 cm³/mol. The van der Waals surface area contributed by atoms with Gasteiger partial charge in [-0.2, -0.15) is 0 Å². The van der Waals surface area contributed by atoms with Crippen LogP contribution in [0.15, 0.2) is 53.6 Å². The summed E-state index contributed by atoms with van der Waals surface area (Å²) in [6, 6.07) is 5.31. The van der Waals surface area contributed by atoms with Gasteiger partial charge in [-0.3, -0.25) is 10.0 Å². The van der Waals surface area contributed by atoms with E-state index in [1.807, 2.05) is 20.8 Å². The first kappa shape index (κ1) is 24.5. The third-order valence-electron chi connectivity index (χ3n) is 5.85. The van der Waals surface area contributed by atoms with E-state index in [2.05, 4.69) is 10.6 Å². The van der Waals surface area contributed by atoms with Gasteiger partial charge in [0.05, 0.1) is 24.1 Å². The van der Waals surface area contributed by atoms with Gasteiger partial charge in [0.15, 0.2) is 0 Å². The van der Waals surface area contributed by atoms with Crippen molar-refractivity contribution in [3.05, 3.63) is 65.0 Å². The maximum Gasteiger partial charge on any atom is 0.325 e. The smallest absolute Gasteiger partial charge is 0.325 e. The van der Waals surface area contributed by atoms with Gasteiger partial charge in [0.25, 0.3) is 0 Å². The van der Waals surface area contributed by atoms with E-state index in [0.29, 0.717) is 29.3 Å². The summed E-state index contributed by atoms with van der Waals surface area (Å²) >= 11 is 0. The van der Waals surface area contributed by atoms with E-state index in [1.54, 1.807) is 36.6 Å². The maximum atomic E-state index is 13.0. The fraction of sp³-hybridized carbons (Fsp3) is 0.480. The fourth-order valence-corrected chi connectivity index (χ4v) is 3.91. The van der Waals surface area contributed by atoms with Gasteiger partial charge < -0.3 is 25.9 Å². The predicted octanol–water partition coefficient (Wildman–Crippen LogP) is 3.07. The van der Waals surface area contributed by atoms with Gasteiger partial charge >= 0.3 is 11.6 Å². The zero-order valence-electron chi connectivity index (χ0n) is 19.6. The fourth-order valence-electron chi connectivity index (χ4n) is 3.91. The minimum Gasteiger partial charge on any atom is -0.491 e.